The average molecular weight is 340 g/mol. The van der Waals surface area contributed by atoms with Gasteiger partial charge in [-0.15, -0.1) is 0 Å². The zero-order valence-corrected chi connectivity index (χ0v) is 16.4. The van der Waals surface area contributed by atoms with Gasteiger partial charge in [0.15, 0.2) is 0 Å². The van der Waals surface area contributed by atoms with Crippen LogP contribution in [0.5, 0.6) is 0 Å². The summed E-state index contributed by atoms with van der Waals surface area (Å²) in [5.74, 6) is 0. The van der Waals surface area contributed by atoms with Gasteiger partial charge in [-0.3, -0.25) is 0 Å². The van der Waals surface area contributed by atoms with Gasteiger partial charge in [-0.05, 0) is 32.1 Å². The topological polar surface area (TPSA) is 78.1 Å². The molecule has 144 valence electrons. The van der Waals surface area contributed by atoms with Crippen LogP contribution in [-0.2, 0) is 0 Å². The molecule has 0 saturated carbocycles. The maximum atomic E-state index is 5.98. The van der Waals surface area contributed by atoms with Crippen LogP contribution in [0.25, 0.3) is 0 Å². The molecule has 0 saturated heterocycles. The Morgan fingerprint density at radius 2 is 1.08 bits per heavy atom. The molecule has 6 N–H and O–H groups in total. The van der Waals surface area contributed by atoms with E-state index in [0.717, 1.165) is 6.42 Å². The first-order valence-electron chi connectivity index (χ1n) is 10.6. The number of allylic oxidation sites excluding steroid dienone is 2. The van der Waals surface area contributed by atoms with Crippen molar-refractivity contribution in [3.63, 3.8) is 0 Å². The smallest absolute Gasteiger partial charge is 0.0317 e. The third-order valence-electron chi connectivity index (χ3n) is 4.87. The minimum atomic E-state index is -0.0341. The predicted octanol–water partition coefficient (Wildman–Crippen LogP) is 5.03. The number of hydrogen-bond donors (Lipinski definition) is 3. The lowest BCUT2D eigenvalue weighted by Crippen LogP contribution is -2.46. The third kappa shape index (κ3) is 16.5. The maximum Gasteiger partial charge on any atom is 0.0317 e. The average Bonchev–Trinajstić information content (AvgIpc) is 2.60. The molecular weight excluding hydrogens is 294 g/mol. The van der Waals surface area contributed by atoms with E-state index < -0.39 is 0 Å². The molecule has 2 unspecified atom stereocenters. The molecule has 0 aromatic carbocycles. The van der Waals surface area contributed by atoms with Crippen molar-refractivity contribution in [3.8, 4) is 0 Å². The van der Waals surface area contributed by atoms with Crippen LogP contribution in [0, 0.1) is 0 Å². The monoisotopic (exact) mass is 339 g/mol. The van der Waals surface area contributed by atoms with Crippen LogP contribution >= 0.6 is 0 Å². The Hall–Kier alpha value is -0.380. The molecule has 3 nitrogen and oxygen atoms in total. The van der Waals surface area contributed by atoms with Crippen LogP contribution in [0.4, 0.5) is 0 Å². The van der Waals surface area contributed by atoms with Gasteiger partial charge in [0.25, 0.3) is 0 Å². The molecule has 3 heteroatoms. The molecule has 0 amide bonds. The van der Waals surface area contributed by atoms with Gasteiger partial charge >= 0.3 is 0 Å². The molecule has 2 atom stereocenters. The summed E-state index contributed by atoms with van der Waals surface area (Å²) < 4.78 is 0. The van der Waals surface area contributed by atoms with Crippen LogP contribution in [0.3, 0.4) is 0 Å². The maximum absolute atomic E-state index is 5.98. The van der Waals surface area contributed by atoms with Crippen molar-refractivity contribution in [3.05, 3.63) is 12.2 Å². The van der Waals surface area contributed by atoms with Gasteiger partial charge in [-0.1, -0.05) is 83.3 Å². The summed E-state index contributed by atoms with van der Waals surface area (Å²) in [5.41, 5.74) is 17.3. The molecule has 0 rings (SSSR count). The van der Waals surface area contributed by atoms with Crippen LogP contribution in [0.15, 0.2) is 12.2 Å². The fourth-order valence-electron chi connectivity index (χ4n) is 3.02. The molecule has 0 aliphatic carbocycles. The standard InChI is InChI=1S/C21H45N3/c1-2-3-4-5-6-7-8-9-10-11-12-13-14-15-16-17-18-20(23)21(24)19-22/h9-10,20-21H,2-8,11-19,22-24H2,1H3/b10-9-. The first kappa shape index (κ1) is 23.6. The van der Waals surface area contributed by atoms with E-state index >= 15 is 0 Å². The second-order valence-electron chi connectivity index (χ2n) is 7.29. The largest absolute Gasteiger partial charge is 0.329 e. The van der Waals surface area contributed by atoms with Crippen molar-refractivity contribution >= 4 is 0 Å². The second-order valence-corrected chi connectivity index (χ2v) is 7.29. The van der Waals surface area contributed by atoms with Crippen molar-refractivity contribution < 1.29 is 0 Å². The third-order valence-corrected chi connectivity index (χ3v) is 4.87. The van der Waals surface area contributed by atoms with Crippen molar-refractivity contribution in [2.24, 2.45) is 17.2 Å². The van der Waals surface area contributed by atoms with Crippen LogP contribution in [0.2, 0.25) is 0 Å². The first-order valence-corrected chi connectivity index (χ1v) is 10.6. The van der Waals surface area contributed by atoms with E-state index in [1.165, 1.54) is 89.9 Å². The summed E-state index contributed by atoms with van der Waals surface area (Å²) in [4.78, 5) is 0. The molecule has 0 fully saturated rings. The number of nitrogens with two attached hydrogens (primary N) is 3. The van der Waals surface area contributed by atoms with Gasteiger partial charge in [-0.25, -0.2) is 0 Å². The van der Waals surface area contributed by atoms with E-state index in [2.05, 4.69) is 19.1 Å². The summed E-state index contributed by atoms with van der Waals surface area (Å²) >= 11 is 0. The van der Waals surface area contributed by atoms with Gasteiger partial charge in [0, 0.05) is 18.6 Å². The van der Waals surface area contributed by atoms with Crippen molar-refractivity contribution in [1.82, 2.24) is 0 Å². The van der Waals surface area contributed by atoms with Gasteiger partial charge in [0.2, 0.25) is 0 Å². The molecule has 0 aromatic heterocycles. The highest BCUT2D eigenvalue weighted by Crippen LogP contribution is 2.11. The molecule has 0 heterocycles. The Kier molecular flexibility index (Phi) is 18.7. The summed E-state index contributed by atoms with van der Waals surface area (Å²) in [6.07, 6.45) is 24.5. The molecule has 0 spiro atoms. The van der Waals surface area contributed by atoms with Crippen LogP contribution in [-0.4, -0.2) is 18.6 Å². The Labute approximate surface area is 151 Å². The summed E-state index contributed by atoms with van der Waals surface area (Å²) in [6.45, 7) is 2.77. The Bertz CT molecular complexity index is 266. The lowest BCUT2D eigenvalue weighted by Gasteiger charge is -2.17. The fourth-order valence-corrected chi connectivity index (χ4v) is 3.02. The van der Waals surface area contributed by atoms with Gasteiger partial charge < -0.3 is 17.2 Å². The minimum absolute atomic E-state index is 0.0341. The Balaban J connectivity index is 3.18. The zero-order valence-electron chi connectivity index (χ0n) is 16.4. The summed E-state index contributed by atoms with van der Waals surface area (Å²) in [5, 5.41) is 0. The van der Waals surface area contributed by atoms with E-state index in [-0.39, 0.29) is 12.1 Å². The minimum Gasteiger partial charge on any atom is -0.329 e. The normalized spacial score (nSPS) is 14.3. The second kappa shape index (κ2) is 19.0. The number of hydrogen-bond acceptors (Lipinski definition) is 3. The van der Waals surface area contributed by atoms with E-state index in [1.807, 2.05) is 0 Å². The lowest BCUT2D eigenvalue weighted by molar-refractivity contribution is 0.469. The SMILES string of the molecule is CCCCCCCC/C=C\CCCCCCCCC(N)C(N)CN. The summed E-state index contributed by atoms with van der Waals surface area (Å²) in [7, 11) is 0. The van der Waals surface area contributed by atoms with Crippen LogP contribution < -0.4 is 17.2 Å². The van der Waals surface area contributed by atoms with E-state index in [1.54, 1.807) is 0 Å². The number of unbranched alkanes of at least 4 members (excludes halogenated alkanes) is 12. The highest BCUT2D eigenvalue weighted by Gasteiger charge is 2.10. The Morgan fingerprint density at radius 1 is 0.625 bits per heavy atom. The van der Waals surface area contributed by atoms with Gasteiger partial charge in [0.05, 0.1) is 0 Å². The van der Waals surface area contributed by atoms with Gasteiger partial charge in [-0.2, -0.15) is 0 Å². The highest BCUT2D eigenvalue weighted by atomic mass is 14.8. The highest BCUT2D eigenvalue weighted by molar-refractivity contribution is 4.81. The predicted molar refractivity (Wildman–Crippen MR) is 109 cm³/mol. The zero-order chi connectivity index (χ0) is 17.9. The van der Waals surface area contributed by atoms with Crippen molar-refractivity contribution in [1.29, 1.82) is 0 Å². The lowest BCUT2D eigenvalue weighted by atomic mass is 10.0. The van der Waals surface area contributed by atoms with E-state index in [9.17, 15) is 0 Å². The summed E-state index contributed by atoms with van der Waals surface area (Å²) in [6, 6.07) is 0.0416. The van der Waals surface area contributed by atoms with Gasteiger partial charge in [0.1, 0.15) is 0 Å². The molecule has 24 heavy (non-hydrogen) atoms. The fraction of sp³-hybridized carbons (Fsp3) is 0.905. The number of rotatable bonds is 18. The molecule has 0 aromatic rings. The van der Waals surface area contributed by atoms with E-state index in [0.29, 0.717) is 6.54 Å². The molecular formula is C21H45N3. The van der Waals surface area contributed by atoms with Crippen molar-refractivity contribution in [2.45, 2.75) is 115 Å². The van der Waals surface area contributed by atoms with Crippen LogP contribution in [0.1, 0.15) is 103 Å². The molecule has 0 aliphatic rings. The molecule has 0 bridgehead atoms. The molecule has 0 radical (unpaired) electrons. The van der Waals surface area contributed by atoms with Crippen molar-refractivity contribution in [2.75, 3.05) is 6.54 Å². The quantitative estimate of drug-likeness (QED) is 0.242. The first-order chi connectivity index (χ1) is 11.7. The molecule has 0 aliphatic heterocycles. The Morgan fingerprint density at radius 3 is 1.58 bits per heavy atom. The van der Waals surface area contributed by atoms with E-state index in [4.69, 9.17) is 17.2 Å².